The van der Waals surface area contributed by atoms with Crippen molar-refractivity contribution in [2.75, 3.05) is 11.3 Å². The van der Waals surface area contributed by atoms with Crippen molar-refractivity contribution in [3.8, 4) is 17.1 Å². The second-order valence-electron chi connectivity index (χ2n) is 16.7. The van der Waals surface area contributed by atoms with Crippen LogP contribution in [0.1, 0.15) is 92.8 Å². The molecule has 2 N–H and O–H groups in total. The fourth-order valence-corrected chi connectivity index (χ4v) is 9.51. The van der Waals surface area contributed by atoms with Crippen molar-refractivity contribution in [1.82, 2.24) is 20.2 Å². The van der Waals surface area contributed by atoms with Gasteiger partial charge in [-0.3, -0.25) is 4.79 Å². The minimum atomic E-state index is -4.50. The summed E-state index contributed by atoms with van der Waals surface area (Å²) in [6.45, 7) is 10.6. The van der Waals surface area contributed by atoms with Crippen LogP contribution in [0.25, 0.3) is 11.3 Å². The quantitative estimate of drug-likeness (QED) is 0.270. The van der Waals surface area contributed by atoms with Crippen LogP contribution in [0.4, 0.5) is 23.9 Å². The first-order valence-electron chi connectivity index (χ1n) is 18.3. The average molecular weight is 770 g/mol. The van der Waals surface area contributed by atoms with Crippen LogP contribution in [-0.4, -0.2) is 71.8 Å². The Morgan fingerprint density at radius 3 is 2.28 bits per heavy atom. The molecule has 3 aliphatic carbocycles. The Bertz CT molecular complexity index is 2080. The fourth-order valence-electron chi connectivity index (χ4n) is 8.52. The molecule has 1 spiro atoms. The number of alkyl carbamates (subject to hydrolysis) is 1. The molecule has 2 heterocycles. The third-order valence-corrected chi connectivity index (χ3v) is 12.7. The molecule has 4 bridgehead atoms. The van der Waals surface area contributed by atoms with E-state index in [-0.39, 0.29) is 59.6 Å². The molecule has 0 radical (unpaired) electrons. The van der Waals surface area contributed by atoms with E-state index in [4.69, 9.17) is 9.47 Å². The smallest absolute Gasteiger partial charge is 0.407 e. The molecule has 1 atom stereocenters. The van der Waals surface area contributed by atoms with E-state index in [0.29, 0.717) is 36.9 Å². The monoisotopic (exact) mass is 769 g/mol. The number of halogens is 3. The van der Waals surface area contributed by atoms with Gasteiger partial charge in [0.2, 0.25) is 11.8 Å². The molecule has 290 valence electrons. The summed E-state index contributed by atoms with van der Waals surface area (Å²) in [5, 5.41) is 2.90. The number of carbonyl (C=O) groups excluding carboxylic acids is 2. The number of benzene rings is 2. The number of hydrogen-bond donors (Lipinski definition) is 2. The van der Waals surface area contributed by atoms with Crippen LogP contribution in [0, 0.1) is 31.6 Å². The Balaban J connectivity index is 1.27. The summed E-state index contributed by atoms with van der Waals surface area (Å²) in [5.41, 5.74) is 0.568. The number of sulfonamides is 1. The first kappa shape index (κ1) is 37.9. The van der Waals surface area contributed by atoms with Crippen molar-refractivity contribution in [3.63, 3.8) is 0 Å². The number of aromatic nitrogens is 2. The molecule has 2 amide bonds. The van der Waals surface area contributed by atoms with Crippen molar-refractivity contribution in [2.45, 2.75) is 121 Å². The highest BCUT2D eigenvalue weighted by atomic mass is 32.2. The van der Waals surface area contributed by atoms with Gasteiger partial charge in [0.15, 0.2) is 0 Å². The normalized spacial score (nSPS) is 25.8. The summed E-state index contributed by atoms with van der Waals surface area (Å²) in [6, 6.07) is 9.58. The van der Waals surface area contributed by atoms with Crippen molar-refractivity contribution in [3.05, 3.63) is 64.7 Å². The molecular formula is C39H46F3N5O6S. The number of rotatable bonds is 5. The van der Waals surface area contributed by atoms with E-state index < -0.39 is 51.3 Å². The number of anilines is 1. The number of carbonyl (C=O) groups is 2. The Morgan fingerprint density at radius 2 is 1.67 bits per heavy atom. The molecule has 11 nitrogen and oxygen atoms in total. The van der Waals surface area contributed by atoms with Crippen molar-refractivity contribution in [1.29, 1.82) is 0 Å². The van der Waals surface area contributed by atoms with E-state index in [1.165, 1.54) is 29.2 Å². The molecule has 54 heavy (non-hydrogen) atoms. The maximum absolute atomic E-state index is 14.6. The van der Waals surface area contributed by atoms with E-state index in [1.807, 2.05) is 32.0 Å². The SMILES string of the molecule is Cc1cccc(C)c1-c1nc2nc(c1C)OC[C@@H](CC1(C(F)(F)F)CC1)N(C1CC3(CC(NC(=O)OC(C)(C)C)C3)C1)C(=O)c1cccc(c1)S(=O)(=O)N2. The largest absolute Gasteiger partial charge is 0.475 e. The van der Waals surface area contributed by atoms with Gasteiger partial charge in [-0.05, 0) is 121 Å². The maximum atomic E-state index is 14.6. The van der Waals surface area contributed by atoms with Gasteiger partial charge >= 0.3 is 12.3 Å². The summed E-state index contributed by atoms with van der Waals surface area (Å²) in [4.78, 5) is 37.4. The lowest BCUT2D eigenvalue weighted by Gasteiger charge is -2.60. The lowest BCUT2D eigenvalue weighted by molar-refractivity contribution is -0.194. The van der Waals surface area contributed by atoms with Gasteiger partial charge in [-0.25, -0.2) is 22.9 Å². The van der Waals surface area contributed by atoms with E-state index in [1.54, 1.807) is 27.7 Å². The fraction of sp³-hybridized carbons (Fsp3) is 0.538. The number of amides is 2. The Labute approximate surface area is 313 Å². The van der Waals surface area contributed by atoms with Crippen molar-refractivity contribution < 1.29 is 40.7 Å². The molecule has 1 aliphatic heterocycles. The summed E-state index contributed by atoms with van der Waals surface area (Å²) in [5.74, 6) is -0.848. The van der Waals surface area contributed by atoms with E-state index in [0.717, 1.165) is 16.7 Å². The summed E-state index contributed by atoms with van der Waals surface area (Å²) in [6.07, 6.45) is -3.22. The molecule has 3 aromatic rings. The third kappa shape index (κ3) is 7.23. The zero-order valence-electron chi connectivity index (χ0n) is 31.3. The minimum Gasteiger partial charge on any atom is -0.475 e. The highest BCUT2D eigenvalue weighted by molar-refractivity contribution is 7.92. The van der Waals surface area contributed by atoms with Crippen molar-refractivity contribution >= 4 is 28.0 Å². The molecule has 3 fully saturated rings. The van der Waals surface area contributed by atoms with Crippen LogP contribution in [0.3, 0.4) is 0 Å². The molecule has 15 heteroatoms. The second-order valence-corrected chi connectivity index (χ2v) is 18.4. The topological polar surface area (TPSA) is 140 Å². The van der Waals surface area contributed by atoms with Gasteiger partial charge in [-0.1, -0.05) is 24.3 Å². The van der Waals surface area contributed by atoms with Crippen LogP contribution < -0.4 is 14.8 Å². The van der Waals surface area contributed by atoms with Gasteiger partial charge in [0, 0.05) is 28.8 Å². The molecule has 4 aliphatic rings. The number of nitrogens with one attached hydrogen (secondary N) is 2. The molecular weight excluding hydrogens is 724 g/mol. The maximum Gasteiger partial charge on any atom is 0.407 e. The lowest BCUT2D eigenvalue weighted by atomic mass is 9.51. The number of aryl methyl sites for hydroxylation is 2. The third-order valence-electron chi connectivity index (χ3n) is 11.4. The Hall–Kier alpha value is -4.40. The predicted octanol–water partition coefficient (Wildman–Crippen LogP) is 7.64. The zero-order valence-corrected chi connectivity index (χ0v) is 32.1. The number of nitrogens with zero attached hydrogens (tertiary/aromatic N) is 3. The number of hydrogen-bond acceptors (Lipinski definition) is 8. The minimum absolute atomic E-state index is 0.000644. The summed E-state index contributed by atoms with van der Waals surface area (Å²) in [7, 11) is -4.33. The zero-order chi connectivity index (χ0) is 39.0. The molecule has 3 saturated carbocycles. The van der Waals surface area contributed by atoms with Crippen LogP contribution in [0.2, 0.25) is 0 Å². The Kier molecular flexibility index (Phi) is 9.21. The van der Waals surface area contributed by atoms with E-state index in [2.05, 4.69) is 20.0 Å². The number of fused-ring (bicyclic) bond motifs is 4. The molecule has 2 aromatic carbocycles. The van der Waals surface area contributed by atoms with Crippen molar-refractivity contribution in [2.24, 2.45) is 10.8 Å². The van der Waals surface area contributed by atoms with Gasteiger partial charge in [-0.2, -0.15) is 18.2 Å². The molecule has 0 unspecified atom stereocenters. The first-order chi connectivity index (χ1) is 25.2. The highest BCUT2D eigenvalue weighted by Gasteiger charge is 2.65. The van der Waals surface area contributed by atoms with Gasteiger partial charge in [-0.15, -0.1) is 0 Å². The van der Waals surface area contributed by atoms with Gasteiger partial charge in [0.25, 0.3) is 15.9 Å². The molecule has 0 saturated heterocycles. The summed E-state index contributed by atoms with van der Waals surface area (Å²) >= 11 is 0. The standard InChI is InChI=1S/C39H46F3N5O6S/c1-22-9-7-10-23(2)30(22)31-24(3)32-45-34(44-31)46-54(50,51)29-12-8-11-25(15-29)33(48)47(28(21-52-32)20-38(13-14-38)39(40,41)42)27-18-37(19-27)16-26(17-37)43-35(49)53-36(4,5)6/h7-12,15,26-28H,13-14,16-21H2,1-6H3,(H,43,49)(H,44,45,46)/t26?,27?,28-,37?/m1/s1. The lowest BCUT2D eigenvalue weighted by Crippen LogP contribution is -2.64. The van der Waals surface area contributed by atoms with Crippen LogP contribution in [0.5, 0.6) is 5.88 Å². The highest BCUT2D eigenvalue weighted by Crippen LogP contribution is 2.62. The van der Waals surface area contributed by atoms with Crippen LogP contribution in [-0.2, 0) is 14.8 Å². The van der Waals surface area contributed by atoms with Crippen LogP contribution in [0.15, 0.2) is 47.4 Å². The van der Waals surface area contributed by atoms with Crippen LogP contribution >= 0.6 is 0 Å². The Morgan fingerprint density at radius 1 is 1.02 bits per heavy atom. The second kappa shape index (κ2) is 13.1. The van der Waals surface area contributed by atoms with Gasteiger partial charge < -0.3 is 19.7 Å². The molecule has 7 rings (SSSR count). The number of ether oxygens (including phenoxy) is 2. The molecule has 1 aromatic heterocycles. The van der Waals surface area contributed by atoms with Gasteiger partial charge in [0.1, 0.15) is 12.2 Å². The number of alkyl halides is 3. The predicted molar refractivity (Wildman–Crippen MR) is 195 cm³/mol. The first-order valence-corrected chi connectivity index (χ1v) is 19.8. The van der Waals surface area contributed by atoms with Gasteiger partial charge in [0.05, 0.1) is 22.0 Å². The summed E-state index contributed by atoms with van der Waals surface area (Å²) < 4.78 is 85.7. The van der Waals surface area contributed by atoms with E-state index >= 15 is 0 Å². The average Bonchev–Trinajstić information content (AvgIpc) is 3.82. The van der Waals surface area contributed by atoms with E-state index in [9.17, 15) is 31.2 Å².